The zero-order valence-electron chi connectivity index (χ0n) is 14.6. The van der Waals surface area contributed by atoms with E-state index in [0.717, 1.165) is 41.2 Å². The van der Waals surface area contributed by atoms with Crippen molar-refractivity contribution >= 4 is 11.3 Å². The van der Waals surface area contributed by atoms with Gasteiger partial charge in [0.25, 0.3) is 5.56 Å². The molecule has 0 amide bonds. The minimum Gasteiger partial charge on any atom is -0.310 e. The van der Waals surface area contributed by atoms with Crippen LogP contribution in [0.5, 0.6) is 0 Å². The lowest BCUT2D eigenvalue weighted by molar-refractivity contribution is 0.243. The van der Waals surface area contributed by atoms with Crippen molar-refractivity contribution in [2.75, 3.05) is 6.54 Å². The smallest absolute Gasteiger partial charge is 0.255 e. The first-order valence-electron chi connectivity index (χ1n) is 8.64. The number of rotatable bonds is 2. The Balaban J connectivity index is 1.45. The molecular formula is C21H19N3OS. The van der Waals surface area contributed by atoms with Gasteiger partial charge in [0.1, 0.15) is 5.82 Å². The summed E-state index contributed by atoms with van der Waals surface area (Å²) in [5, 5.41) is 0. The van der Waals surface area contributed by atoms with Crippen LogP contribution < -0.4 is 5.56 Å². The number of benzene rings is 1. The van der Waals surface area contributed by atoms with Crippen LogP contribution in [0.3, 0.4) is 0 Å². The standard InChI is InChI=1S/C21H19N3OS/c1-15-22-20-11-12-24(14-19(20)21(25)23-15)13-18-10-9-17(26-18)8-7-16-5-3-2-4-6-16/h2-6,9-10H,11-14H2,1H3,(H,22,23,25). The molecule has 1 aliphatic heterocycles. The number of aryl methyl sites for hydroxylation is 1. The molecule has 0 atom stereocenters. The SMILES string of the molecule is Cc1nc2c(c(=O)[nH]1)CN(Cc1ccc(C#Cc3ccccc3)s1)CC2. The minimum atomic E-state index is -0.00204. The molecule has 0 bridgehead atoms. The molecule has 0 saturated heterocycles. The molecule has 4 rings (SSSR count). The number of H-pyrrole nitrogens is 1. The van der Waals surface area contributed by atoms with Crippen molar-refractivity contribution in [1.29, 1.82) is 0 Å². The van der Waals surface area contributed by atoms with Crippen LogP contribution in [-0.4, -0.2) is 21.4 Å². The first-order chi connectivity index (χ1) is 12.7. The zero-order chi connectivity index (χ0) is 17.9. The molecule has 5 heteroatoms. The summed E-state index contributed by atoms with van der Waals surface area (Å²) in [6.45, 7) is 4.24. The van der Waals surface area contributed by atoms with E-state index in [-0.39, 0.29) is 5.56 Å². The van der Waals surface area contributed by atoms with Gasteiger partial charge in [-0.2, -0.15) is 0 Å². The van der Waals surface area contributed by atoms with E-state index in [1.807, 2.05) is 37.3 Å². The molecule has 0 aliphatic carbocycles. The number of thiophene rings is 1. The molecule has 0 unspecified atom stereocenters. The van der Waals surface area contributed by atoms with Crippen molar-refractivity contribution < 1.29 is 0 Å². The molecule has 26 heavy (non-hydrogen) atoms. The van der Waals surface area contributed by atoms with Crippen LogP contribution in [0.1, 0.15) is 32.4 Å². The van der Waals surface area contributed by atoms with Crippen LogP contribution in [0.4, 0.5) is 0 Å². The second kappa shape index (κ2) is 7.28. The van der Waals surface area contributed by atoms with Gasteiger partial charge in [-0.1, -0.05) is 30.0 Å². The summed E-state index contributed by atoms with van der Waals surface area (Å²) in [5.41, 5.74) is 2.78. The highest BCUT2D eigenvalue weighted by atomic mass is 32.1. The number of aromatic nitrogens is 2. The van der Waals surface area contributed by atoms with Gasteiger partial charge in [-0.25, -0.2) is 4.98 Å². The van der Waals surface area contributed by atoms with E-state index in [9.17, 15) is 4.79 Å². The Bertz CT molecular complexity index is 1040. The van der Waals surface area contributed by atoms with Crippen molar-refractivity contribution in [2.45, 2.75) is 26.4 Å². The van der Waals surface area contributed by atoms with Gasteiger partial charge < -0.3 is 4.98 Å². The maximum Gasteiger partial charge on any atom is 0.255 e. The number of hydrogen-bond acceptors (Lipinski definition) is 4. The summed E-state index contributed by atoms with van der Waals surface area (Å²) in [4.78, 5) is 24.1. The van der Waals surface area contributed by atoms with Gasteiger partial charge in [-0.05, 0) is 31.2 Å². The quantitative estimate of drug-likeness (QED) is 0.714. The summed E-state index contributed by atoms with van der Waals surface area (Å²) in [6, 6.07) is 14.2. The first-order valence-corrected chi connectivity index (χ1v) is 9.46. The van der Waals surface area contributed by atoms with Gasteiger partial charge in [0.2, 0.25) is 0 Å². The lowest BCUT2D eigenvalue weighted by Crippen LogP contribution is -2.35. The molecule has 3 aromatic rings. The van der Waals surface area contributed by atoms with Crippen LogP contribution in [0.15, 0.2) is 47.3 Å². The fourth-order valence-electron chi connectivity index (χ4n) is 3.15. The van der Waals surface area contributed by atoms with E-state index < -0.39 is 0 Å². The molecule has 130 valence electrons. The number of hydrogen-bond donors (Lipinski definition) is 1. The van der Waals surface area contributed by atoms with Crippen molar-refractivity contribution in [1.82, 2.24) is 14.9 Å². The van der Waals surface area contributed by atoms with Gasteiger partial charge in [0.15, 0.2) is 0 Å². The normalized spacial score (nSPS) is 13.7. The Morgan fingerprint density at radius 2 is 2.04 bits per heavy atom. The highest BCUT2D eigenvalue weighted by Gasteiger charge is 2.21. The van der Waals surface area contributed by atoms with Crippen LogP contribution in [-0.2, 0) is 19.5 Å². The third kappa shape index (κ3) is 3.77. The van der Waals surface area contributed by atoms with E-state index >= 15 is 0 Å². The Kier molecular flexibility index (Phi) is 4.70. The van der Waals surface area contributed by atoms with E-state index in [1.165, 1.54) is 4.88 Å². The van der Waals surface area contributed by atoms with Gasteiger partial charge in [-0.3, -0.25) is 9.69 Å². The average molecular weight is 361 g/mol. The van der Waals surface area contributed by atoms with E-state index in [0.29, 0.717) is 12.4 Å². The predicted octanol–water partition coefficient (Wildman–Crippen LogP) is 3.10. The molecule has 0 spiro atoms. The fraction of sp³-hybridized carbons (Fsp3) is 0.238. The lowest BCUT2D eigenvalue weighted by atomic mass is 10.1. The van der Waals surface area contributed by atoms with E-state index in [1.54, 1.807) is 11.3 Å². The van der Waals surface area contributed by atoms with Crippen molar-refractivity contribution in [3.8, 4) is 11.8 Å². The van der Waals surface area contributed by atoms with Crippen molar-refractivity contribution in [3.63, 3.8) is 0 Å². The predicted molar refractivity (Wildman–Crippen MR) is 104 cm³/mol. The summed E-state index contributed by atoms with van der Waals surface area (Å²) < 4.78 is 0. The first kappa shape index (κ1) is 16.8. The van der Waals surface area contributed by atoms with Gasteiger partial charge in [0, 0.05) is 36.5 Å². The number of aromatic amines is 1. The summed E-state index contributed by atoms with van der Waals surface area (Å²) >= 11 is 1.72. The fourth-order valence-corrected chi connectivity index (χ4v) is 4.05. The van der Waals surface area contributed by atoms with Gasteiger partial charge in [-0.15, -0.1) is 11.3 Å². The van der Waals surface area contributed by atoms with Crippen molar-refractivity contribution in [3.05, 3.63) is 85.2 Å². The second-order valence-electron chi connectivity index (χ2n) is 6.42. The molecule has 4 nitrogen and oxygen atoms in total. The Morgan fingerprint density at radius 1 is 1.19 bits per heavy atom. The van der Waals surface area contributed by atoms with Crippen LogP contribution in [0, 0.1) is 18.8 Å². The van der Waals surface area contributed by atoms with Gasteiger partial charge in [0.05, 0.1) is 16.1 Å². The second-order valence-corrected chi connectivity index (χ2v) is 7.59. The summed E-state index contributed by atoms with van der Waals surface area (Å²) in [6.07, 6.45) is 0.826. The molecule has 2 aromatic heterocycles. The van der Waals surface area contributed by atoms with E-state index in [4.69, 9.17) is 0 Å². The summed E-state index contributed by atoms with van der Waals surface area (Å²) in [5.74, 6) is 7.13. The Hall–Kier alpha value is -2.68. The van der Waals surface area contributed by atoms with Gasteiger partial charge >= 0.3 is 0 Å². The van der Waals surface area contributed by atoms with Crippen LogP contribution >= 0.6 is 11.3 Å². The molecule has 1 aliphatic rings. The maximum absolute atomic E-state index is 12.2. The molecule has 1 aromatic carbocycles. The van der Waals surface area contributed by atoms with Crippen LogP contribution in [0.25, 0.3) is 0 Å². The Labute approximate surface area is 156 Å². The van der Waals surface area contributed by atoms with E-state index in [2.05, 4.69) is 38.8 Å². The number of nitrogens with one attached hydrogen (secondary N) is 1. The third-order valence-corrected chi connectivity index (χ3v) is 5.40. The monoisotopic (exact) mass is 361 g/mol. The lowest BCUT2D eigenvalue weighted by Gasteiger charge is -2.27. The van der Waals surface area contributed by atoms with Crippen LogP contribution in [0.2, 0.25) is 0 Å². The largest absolute Gasteiger partial charge is 0.310 e. The summed E-state index contributed by atoms with van der Waals surface area (Å²) in [7, 11) is 0. The topological polar surface area (TPSA) is 49.0 Å². The molecule has 0 fully saturated rings. The molecule has 1 N–H and O–H groups in total. The molecule has 0 radical (unpaired) electrons. The molecule has 0 saturated carbocycles. The van der Waals surface area contributed by atoms with Crippen molar-refractivity contribution in [2.24, 2.45) is 0 Å². The zero-order valence-corrected chi connectivity index (χ0v) is 15.4. The number of fused-ring (bicyclic) bond motifs is 1. The molecule has 3 heterocycles. The average Bonchev–Trinajstić information content (AvgIpc) is 3.09. The third-order valence-electron chi connectivity index (χ3n) is 4.41. The maximum atomic E-state index is 12.2. The number of nitrogens with zero attached hydrogens (tertiary/aromatic N) is 2. The highest BCUT2D eigenvalue weighted by molar-refractivity contribution is 7.12. The Morgan fingerprint density at radius 3 is 2.88 bits per heavy atom. The highest BCUT2D eigenvalue weighted by Crippen LogP contribution is 2.21. The minimum absolute atomic E-state index is 0.00204. The molecular weight excluding hydrogens is 342 g/mol.